The van der Waals surface area contributed by atoms with Gasteiger partial charge in [-0.1, -0.05) is 6.07 Å². The lowest BCUT2D eigenvalue weighted by Gasteiger charge is -2.14. The molecule has 1 aromatic heterocycles. The Balaban J connectivity index is 2.05. The third kappa shape index (κ3) is 3.08. The molecular weight excluding hydrogens is 264 g/mol. The maximum Gasteiger partial charge on any atom is 0.132 e. The van der Waals surface area contributed by atoms with Gasteiger partial charge >= 0.3 is 0 Å². The van der Waals surface area contributed by atoms with E-state index in [1.165, 1.54) is 12.3 Å². The van der Waals surface area contributed by atoms with E-state index in [0.29, 0.717) is 11.4 Å². The number of rotatable bonds is 4. The Bertz CT molecular complexity index is 618. The molecule has 20 heavy (non-hydrogen) atoms. The minimum absolute atomic E-state index is 0.100. The van der Waals surface area contributed by atoms with Gasteiger partial charge < -0.3 is 10.4 Å². The van der Waals surface area contributed by atoms with E-state index in [9.17, 15) is 13.9 Å². The molecule has 0 aliphatic heterocycles. The van der Waals surface area contributed by atoms with Crippen LogP contribution in [-0.4, -0.2) is 16.6 Å². The monoisotopic (exact) mass is 275 g/mol. The summed E-state index contributed by atoms with van der Waals surface area (Å²) in [6, 6.07) is 8.42. The van der Waals surface area contributed by atoms with Crippen molar-refractivity contribution in [3.8, 4) is 6.07 Å². The predicted molar refractivity (Wildman–Crippen MR) is 68.8 cm³/mol. The molecule has 6 heteroatoms. The van der Waals surface area contributed by atoms with E-state index >= 15 is 0 Å². The number of benzene rings is 1. The molecule has 0 radical (unpaired) electrons. The fourth-order valence-corrected chi connectivity index (χ4v) is 1.70. The molecular formula is C14H11F2N3O. The summed E-state index contributed by atoms with van der Waals surface area (Å²) in [6.45, 7) is -0.100. The van der Waals surface area contributed by atoms with Crippen molar-refractivity contribution < 1.29 is 13.9 Å². The van der Waals surface area contributed by atoms with Crippen LogP contribution < -0.4 is 5.32 Å². The molecule has 2 aromatic rings. The lowest BCUT2D eigenvalue weighted by atomic mass is 10.1. The molecule has 102 valence electrons. The van der Waals surface area contributed by atoms with Crippen LogP contribution in [0.15, 0.2) is 36.5 Å². The highest BCUT2D eigenvalue weighted by molar-refractivity contribution is 5.39. The highest BCUT2D eigenvalue weighted by atomic mass is 19.1. The van der Waals surface area contributed by atoms with Crippen molar-refractivity contribution in [3.05, 3.63) is 59.3 Å². The van der Waals surface area contributed by atoms with Crippen molar-refractivity contribution in [2.75, 3.05) is 11.9 Å². The zero-order valence-corrected chi connectivity index (χ0v) is 10.3. The third-order valence-corrected chi connectivity index (χ3v) is 2.70. The van der Waals surface area contributed by atoms with Gasteiger partial charge in [0.25, 0.3) is 0 Å². The summed E-state index contributed by atoms with van der Waals surface area (Å²) in [5, 5.41) is 21.2. The molecule has 0 aliphatic carbocycles. The second-order valence-corrected chi connectivity index (χ2v) is 4.08. The fraction of sp³-hybridized carbons (Fsp3) is 0.143. The van der Waals surface area contributed by atoms with E-state index in [4.69, 9.17) is 5.26 Å². The van der Waals surface area contributed by atoms with Crippen LogP contribution in [0.3, 0.4) is 0 Å². The molecule has 0 amide bonds. The van der Waals surface area contributed by atoms with Crippen LogP contribution >= 0.6 is 0 Å². The first kappa shape index (κ1) is 13.9. The van der Waals surface area contributed by atoms with Crippen molar-refractivity contribution in [1.82, 2.24) is 4.98 Å². The van der Waals surface area contributed by atoms with Gasteiger partial charge in [0.05, 0.1) is 11.1 Å². The summed E-state index contributed by atoms with van der Waals surface area (Å²) in [7, 11) is 0. The van der Waals surface area contributed by atoms with E-state index in [-0.39, 0.29) is 12.1 Å². The highest BCUT2D eigenvalue weighted by Crippen LogP contribution is 2.20. The zero-order valence-electron chi connectivity index (χ0n) is 10.3. The van der Waals surface area contributed by atoms with Gasteiger partial charge in [-0.05, 0) is 24.3 Å². The Morgan fingerprint density at radius 3 is 2.50 bits per heavy atom. The van der Waals surface area contributed by atoms with Gasteiger partial charge in [-0.25, -0.2) is 13.8 Å². The van der Waals surface area contributed by atoms with Crippen LogP contribution in [0.1, 0.15) is 17.2 Å². The molecule has 0 aliphatic rings. The van der Waals surface area contributed by atoms with Gasteiger partial charge in [0.15, 0.2) is 0 Å². The Kier molecular flexibility index (Phi) is 4.23. The Morgan fingerprint density at radius 1 is 1.25 bits per heavy atom. The van der Waals surface area contributed by atoms with Crippen LogP contribution in [0, 0.1) is 23.0 Å². The first-order chi connectivity index (χ1) is 9.61. The summed E-state index contributed by atoms with van der Waals surface area (Å²) in [5.74, 6) is -1.20. The molecule has 1 unspecified atom stereocenters. The van der Waals surface area contributed by atoms with Crippen LogP contribution in [0.5, 0.6) is 0 Å². The Labute approximate surface area is 114 Å². The number of halogens is 2. The van der Waals surface area contributed by atoms with E-state index in [0.717, 1.165) is 12.1 Å². The molecule has 1 aromatic carbocycles. The molecule has 1 atom stereocenters. The number of hydrogen-bond acceptors (Lipinski definition) is 4. The van der Waals surface area contributed by atoms with Crippen LogP contribution in [0.4, 0.5) is 14.6 Å². The van der Waals surface area contributed by atoms with Crippen molar-refractivity contribution in [2.24, 2.45) is 0 Å². The molecule has 2 N–H and O–H groups in total. The van der Waals surface area contributed by atoms with Gasteiger partial charge in [0.2, 0.25) is 0 Å². The van der Waals surface area contributed by atoms with E-state index in [1.807, 2.05) is 6.07 Å². The van der Waals surface area contributed by atoms with Gasteiger partial charge in [-0.15, -0.1) is 0 Å². The number of nitrogens with one attached hydrogen (secondary N) is 1. The lowest BCUT2D eigenvalue weighted by molar-refractivity contribution is 0.181. The van der Waals surface area contributed by atoms with Crippen LogP contribution in [0.2, 0.25) is 0 Å². The number of nitriles is 1. The lowest BCUT2D eigenvalue weighted by Crippen LogP contribution is -2.15. The molecule has 0 saturated heterocycles. The summed E-state index contributed by atoms with van der Waals surface area (Å²) in [6.07, 6.45) is 0.0203. The molecule has 0 fully saturated rings. The molecule has 0 saturated carbocycles. The van der Waals surface area contributed by atoms with Crippen LogP contribution in [0.25, 0.3) is 0 Å². The number of pyridine rings is 1. The zero-order chi connectivity index (χ0) is 14.5. The number of hydrogen-bond donors (Lipinski definition) is 2. The van der Waals surface area contributed by atoms with E-state index in [2.05, 4.69) is 10.3 Å². The standard InChI is InChI=1S/C14H11F2N3O/c15-10-2-1-3-11(16)14(10)12(20)8-19-13-5-4-9(6-17)7-18-13/h1-5,7,12,20H,8H2,(H,18,19). The van der Waals surface area contributed by atoms with Gasteiger partial charge in [0.1, 0.15) is 29.6 Å². The third-order valence-electron chi connectivity index (χ3n) is 2.70. The molecule has 0 bridgehead atoms. The fourth-order valence-electron chi connectivity index (χ4n) is 1.70. The number of anilines is 1. The molecule has 2 rings (SSSR count). The minimum atomic E-state index is -1.34. The van der Waals surface area contributed by atoms with Crippen molar-refractivity contribution in [2.45, 2.75) is 6.10 Å². The topological polar surface area (TPSA) is 68.9 Å². The SMILES string of the molecule is N#Cc1ccc(NCC(O)c2c(F)cccc2F)nc1. The van der Waals surface area contributed by atoms with Crippen molar-refractivity contribution in [3.63, 3.8) is 0 Å². The largest absolute Gasteiger partial charge is 0.386 e. The highest BCUT2D eigenvalue weighted by Gasteiger charge is 2.17. The van der Waals surface area contributed by atoms with Crippen molar-refractivity contribution in [1.29, 1.82) is 5.26 Å². The number of aliphatic hydroxyl groups excluding tert-OH is 1. The van der Waals surface area contributed by atoms with Crippen LogP contribution in [-0.2, 0) is 0 Å². The summed E-state index contributed by atoms with van der Waals surface area (Å²) >= 11 is 0. The first-order valence-electron chi connectivity index (χ1n) is 5.84. The maximum absolute atomic E-state index is 13.4. The average Bonchev–Trinajstić information content (AvgIpc) is 2.45. The average molecular weight is 275 g/mol. The second kappa shape index (κ2) is 6.08. The number of aliphatic hydroxyl groups is 1. The van der Waals surface area contributed by atoms with Crippen molar-refractivity contribution >= 4 is 5.82 Å². The molecule has 1 heterocycles. The minimum Gasteiger partial charge on any atom is -0.386 e. The molecule has 0 spiro atoms. The second-order valence-electron chi connectivity index (χ2n) is 4.08. The summed E-state index contributed by atoms with van der Waals surface area (Å²) in [4.78, 5) is 3.93. The number of nitrogens with zero attached hydrogens (tertiary/aromatic N) is 2. The smallest absolute Gasteiger partial charge is 0.132 e. The summed E-state index contributed by atoms with van der Waals surface area (Å²) < 4.78 is 26.9. The quantitative estimate of drug-likeness (QED) is 0.898. The van der Waals surface area contributed by atoms with Gasteiger partial charge in [-0.3, -0.25) is 0 Å². The Hall–Kier alpha value is -2.52. The van der Waals surface area contributed by atoms with E-state index < -0.39 is 17.7 Å². The van der Waals surface area contributed by atoms with Gasteiger partial charge in [-0.2, -0.15) is 5.26 Å². The van der Waals surface area contributed by atoms with E-state index in [1.54, 1.807) is 12.1 Å². The normalized spacial score (nSPS) is 11.7. The molecule has 4 nitrogen and oxygen atoms in total. The Morgan fingerprint density at radius 2 is 1.95 bits per heavy atom. The first-order valence-corrected chi connectivity index (χ1v) is 5.84. The maximum atomic E-state index is 13.4. The predicted octanol–water partition coefficient (Wildman–Crippen LogP) is 2.38. The number of aromatic nitrogens is 1. The summed E-state index contributed by atoms with van der Waals surface area (Å²) in [5.41, 5.74) is 0.0184. The van der Waals surface area contributed by atoms with Gasteiger partial charge in [0, 0.05) is 12.7 Å².